The summed E-state index contributed by atoms with van der Waals surface area (Å²) in [5.41, 5.74) is 1.59. The lowest BCUT2D eigenvalue weighted by Crippen LogP contribution is -2.30. The van der Waals surface area contributed by atoms with Gasteiger partial charge < -0.3 is 20.1 Å². The minimum Gasteiger partial charge on any atom is -0.388 e. The van der Waals surface area contributed by atoms with Crippen LogP contribution >= 0.6 is 11.6 Å². The van der Waals surface area contributed by atoms with E-state index in [0.717, 1.165) is 35.8 Å². The highest BCUT2D eigenvalue weighted by Crippen LogP contribution is 2.32. The summed E-state index contributed by atoms with van der Waals surface area (Å²) in [6.45, 7) is 5.57. The fraction of sp³-hybridized carbons (Fsp3) is 0.600. The van der Waals surface area contributed by atoms with E-state index >= 15 is 0 Å². The fourth-order valence-electron chi connectivity index (χ4n) is 2.56. The number of methoxy groups -OCH3 is 1. The van der Waals surface area contributed by atoms with Crippen LogP contribution in [-0.2, 0) is 11.3 Å². The largest absolute Gasteiger partial charge is 0.388 e. The molecule has 0 bridgehead atoms. The van der Waals surface area contributed by atoms with Crippen molar-refractivity contribution in [2.45, 2.75) is 25.5 Å². The Hall–Kier alpha value is -0.810. The number of benzene rings is 1. The van der Waals surface area contributed by atoms with Crippen molar-refractivity contribution in [3.05, 3.63) is 28.8 Å². The van der Waals surface area contributed by atoms with Gasteiger partial charge in [-0.05, 0) is 25.5 Å². The second-order valence-electron chi connectivity index (χ2n) is 5.58. The van der Waals surface area contributed by atoms with Crippen molar-refractivity contribution in [3.63, 3.8) is 0 Å². The van der Waals surface area contributed by atoms with Gasteiger partial charge >= 0.3 is 0 Å². The molecule has 1 aromatic carbocycles. The first-order chi connectivity index (χ1) is 9.53. The van der Waals surface area contributed by atoms with Gasteiger partial charge in [0.05, 0.1) is 12.2 Å². The Labute approximate surface area is 125 Å². The number of nitrogens with zero attached hydrogens (tertiary/aromatic N) is 1. The molecule has 0 aliphatic carbocycles. The smallest absolute Gasteiger partial charge is 0.0810 e. The van der Waals surface area contributed by atoms with Gasteiger partial charge in [-0.25, -0.2) is 0 Å². The summed E-state index contributed by atoms with van der Waals surface area (Å²) in [6, 6.07) is 5.94. The van der Waals surface area contributed by atoms with Gasteiger partial charge in [-0.3, -0.25) is 0 Å². The molecule has 112 valence electrons. The number of hydrogen-bond donors (Lipinski definition) is 2. The molecule has 1 fully saturated rings. The molecule has 2 N–H and O–H groups in total. The Morgan fingerprint density at radius 1 is 1.50 bits per heavy atom. The number of ether oxygens (including phenoxy) is 1. The van der Waals surface area contributed by atoms with Crippen molar-refractivity contribution in [2.24, 2.45) is 0 Å². The monoisotopic (exact) mass is 298 g/mol. The zero-order valence-electron chi connectivity index (χ0n) is 12.2. The fourth-order valence-corrected chi connectivity index (χ4v) is 2.79. The zero-order chi connectivity index (χ0) is 14.6. The molecule has 1 atom stereocenters. The number of anilines is 1. The molecule has 1 aliphatic heterocycles. The van der Waals surface area contributed by atoms with Gasteiger partial charge in [-0.1, -0.05) is 17.7 Å². The van der Waals surface area contributed by atoms with Crippen LogP contribution in [0, 0.1) is 0 Å². The molecule has 2 rings (SSSR count). The normalized spacial score (nSPS) is 22.5. The Morgan fingerprint density at radius 3 is 2.95 bits per heavy atom. The Morgan fingerprint density at radius 2 is 2.30 bits per heavy atom. The molecule has 0 saturated carbocycles. The van der Waals surface area contributed by atoms with Gasteiger partial charge in [0.2, 0.25) is 0 Å². The third-order valence-electron chi connectivity index (χ3n) is 3.67. The predicted octanol–water partition coefficient (Wildman–Crippen LogP) is 2.04. The van der Waals surface area contributed by atoms with Gasteiger partial charge in [-0.2, -0.15) is 0 Å². The molecule has 0 aromatic heterocycles. The summed E-state index contributed by atoms with van der Waals surface area (Å²) >= 11 is 6.33. The highest BCUT2D eigenvalue weighted by molar-refractivity contribution is 6.31. The second kappa shape index (κ2) is 6.76. The van der Waals surface area contributed by atoms with Crippen LogP contribution in [0.4, 0.5) is 5.69 Å². The van der Waals surface area contributed by atoms with Crippen LogP contribution in [0.5, 0.6) is 0 Å². The maximum Gasteiger partial charge on any atom is 0.0810 e. The minimum atomic E-state index is -0.608. The van der Waals surface area contributed by atoms with E-state index < -0.39 is 5.60 Å². The number of aliphatic hydroxyl groups is 1. The summed E-state index contributed by atoms with van der Waals surface area (Å²) in [5, 5.41) is 14.2. The van der Waals surface area contributed by atoms with Crippen LogP contribution in [0.3, 0.4) is 0 Å². The minimum absolute atomic E-state index is 0.608. The first kappa shape index (κ1) is 15.6. The van der Waals surface area contributed by atoms with Crippen molar-refractivity contribution >= 4 is 17.3 Å². The molecule has 1 aromatic rings. The highest BCUT2D eigenvalue weighted by atomic mass is 35.5. The number of rotatable bonds is 6. The topological polar surface area (TPSA) is 44.7 Å². The summed E-state index contributed by atoms with van der Waals surface area (Å²) in [4.78, 5) is 2.21. The first-order valence-electron chi connectivity index (χ1n) is 6.98. The highest BCUT2D eigenvalue weighted by Gasteiger charge is 2.32. The molecule has 0 radical (unpaired) electrons. The van der Waals surface area contributed by atoms with Crippen LogP contribution in [0.25, 0.3) is 0 Å². The maximum absolute atomic E-state index is 10.1. The van der Waals surface area contributed by atoms with E-state index in [-0.39, 0.29) is 0 Å². The zero-order valence-corrected chi connectivity index (χ0v) is 12.9. The van der Waals surface area contributed by atoms with Crippen LogP contribution in [0.15, 0.2) is 18.2 Å². The van der Waals surface area contributed by atoms with Crippen LogP contribution < -0.4 is 10.2 Å². The van der Waals surface area contributed by atoms with Crippen molar-refractivity contribution in [2.75, 3.05) is 38.3 Å². The first-order valence-corrected chi connectivity index (χ1v) is 7.36. The number of nitrogens with one attached hydrogen (secondary N) is 1. The summed E-state index contributed by atoms with van der Waals surface area (Å²) < 4.78 is 5.03. The molecule has 0 spiro atoms. The molecule has 5 heteroatoms. The Bertz CT molecular complexity index is 451. The predicted molar refractivity (Wildman–Crippen MR) is 82.5 cm³/mol. The van der Waals surface area contributed by atoms with E-state index in [1.807, 2.05) is 19.1 Å². The number of hydrogen-bond acceptors (Lipinski definition) is 4. The van der Waals surface area contributed by atoms with E-state index in [4.69, 9.17) is 16.3 Å². The lowest BCUT2D eigenvalue weighted by Gasteiger charge is -2.24. The molecule has 1 saturated heterocycles. The van der Waals surface area contributed by atoms with Crippen LogP contribution in [-0.4, -0.2) is 44.1 Å². The maximum atomic E-state index is 10.1. The van der Waals surface area contributed by atoms with E-state index in [2.05, 4.69) is 16.3 Å². The van der Waals surface area contributed by atoms with E-state index in [1.165, 1.54) is 0 Å². The summed E-state index contributed by atoms with van der Waals surface area (Å²) in [5.74, 6) is 0. The van der Waals surface area contributed by atoms with E-state index in [1.54, 1.807) is 7.11 Å². The molecule has 20 heavy (non-hydrogen) atoms. The summed E-state index contributed by atoms with van der Waals surface area (Å²) in [6.07, 6.45) is 0.788. The lowest BCUT2D eigenvalue weighted by atomic mass is 10.1. The molecular weight excluding hydrogens is 276 g/mol. The lowest BCUT2D eigenvalue weighted by molar-refractivity contribution is 0.0839. The number of β-amino-alcohol motifs (C(OH)–C–C–N with tert-alkyl or cyclic N) is 1. The molecular formula is C15H23ClN2O2. The molecule has 1 unspecified atom stereocenters. The van der Waals surface area contributed by atoms with Crippen LogP contribution in [0.2, 0.25) is 5.02 Å². The van der Waals surface area contributed by atoms with Crippen molar-refractivity contribution in [1.82, 2.24) is 5.32 Å². The third kappa shape index (κ3) is 3.85. The van der Waals surface area contributed by atoms with E-state index in [0.29, 0.717) is 19.7 Å². The average Bonchev–Trinajstić information content (AvgIpc) is 2.76. The molecule has 1 aliphatic rings. The van der Waals surface area contributed by atoms with Crippen LogP contribution in [0.1, 0.15) is 18.9 Å². The van der Waals surface area contributed by atoms with Crippen molar-refractivity contribution in [1.29, 1.82) is 0 Å². The molecule has 1 heterocycles. The van der Waals surface area contributed by atoms with Gasteiger partial charge in [0, 0.05) is 49.6 Å². The van der Waals surface area contributed by atoms with E-state index in [9.17, 15) is 5.11 Å². The molecule has 0 amide bonds. The quantitative estimate of drug-likeness (QED) is 0.789. The standard InChI is InChI=1S/C15H23ClN2O2/c1-15(19)6-8-18(11-15)14-5-3-4-13(16)12(14)10-17-7-9-20-2/h3-5,17,19H,6-11H2,1-2H3. The molecule has 4 nitrogen and oxygen atoms in total. The van der Waals surface area contributed by atoms with Crippen molar-refractivity contribution < 1.29 is 9.84 Å². The van der Waals surface area contributed by atoms with Gasteiger partial charge in [-0.15, -0.1) is 0 Å². The van der Waals surface area contributed by atoms with Gasteiger partial charge in [0.15, 0.2) is 0 Å². The Kier molecular flexibility index (Phi) is 5.27. The Balaban J connectivity index is 2.10. The summed E-state index contributed by atoms with van der Waals surface area (Å²) in [7, 11) is 1.69. The van der Waals surface area contributed by atoms with Gasteiger partial charge in [0.25, 0.3) is 0 Å². The van der Waals surface area contributed by atoms with Gasteiger partial charge in [0.1, 0.15) is 0 Å². The second-order valence-corrected chi connectivity index (χ2v) is 5.98. The number of halogens is 1. The SMILES string of the molecule is COCCNCc1c(Cl)cccc1N1CCC(C)(O)C1. The third-order valence-corrected chi connectivity index (χ3v) is 4.03. The van der Waals surface area contributed by atoms with Crippen molar-refractivity contribution in [3.8, 4) is 0 Å². The average molecular weight is 299 g/mol.